The average Bonchev–Trinajstić information content (AvgIpc) is 2.13. The van der Waals surface area contributed by atoms with Gasteiger partial charge in [0.1, 0.15) is 5.75 Å². The van der Waals surface area contributed by atoms with E-state index in [1.807, 2.05) is 0 Å². The molecule has 16 heavy (non-hydrogen) atoms. The van der Waals surface area contributed by atoms with E-state index in [0.29, 0.717) is 0 Å². The lowest BCUT2D eigenvalue weighted by atomic mass is 10.3. The first-order valence-corrected chi connectivity index (χ1v) is 12.9. The third kappa shape index (κ3) is 2.77. The van der Waals surface area contributed by atoms with Gasteiger partial charge in [0.25, 0.3) is 0 Å². The summed E-state index contributed by atoms with van der Waals surface area (Å²) in [7, 11) is -0.839. The SMILES string of the molecule is COc1cccc([Si](C)(C)C)c1[Si](C)(C)C. The lowest BCUT2D eigenvalue weighted by molar-refractivity contribution is 0.418. The second kappa shape index (κ2) is 4.37. The Morgan fingerprint density at radius 1 is 0.875 bits per heavy atom. The van der Waals surface area contributed by atoms with Crippen LogP contribution in [0.15, 0.2) is 18.2 Å². The van der Waals surface area contributed by atoms with Crippen LogP contribution in [0.5, 0.6) is 5.75 Å². The van der Waals surface area contributed by atoms with Gasteiger partial charge in [0.2, 0.25) is 0 Å². The van der Waals surface area contributed by atoms with E-state index in [-0.39, 0.29) is 0 Å². The molecule has 0 saturated carbocycles. The highest BCUT2D eigenvalue weighted by Gasteiger charge is 2.30. The summed E-state index contributed by atoms with van der Waals surface area (Å²) in [6.07, 6.45) is 0. The molecule has 90 valence electrons. The van der Waals surface area contributed by atoms with Crippen LogP contribution in [0.25, 0.3) is 0 Å². The minimum Gasteiger partial charge on any atom is -0.497 e. The Balaban J connectivity index is 3.51. The standard InChI is InChI=1S/C13H24OSi2/c1-14-11-9-8-10-12(15(2,3)4)13(11)16(5,6)7/h8-10H,1-7H3. The molecule has 0 aliphatic rings. The predicted octanol–water partition coefficient (Wildman–Crippen LogP) is 2.79. The molecular weight excluding hydrogens is 228 g/mol. The molecule has 0 amide bonds. The summed E-state index contributed by atoms with van der Waals surface area (Å²) in [5.74, 6) is 1.10. The molecule has 0 fully saturated rings. The molecule has 0 saturated heterocycles. The summed E-state index contributed by atoms with van der Waals surface area (Å²) in [6.45, 7) is 14.4. The molecular formula is C13H24OSi2. The Labute approximate surface area is 102 Å². The van der Waals surface area contributed by atoms with Crippen molar-refractivity contribution in [1.82, 2.24) is 0 Å². The molecule has 0 N–H and O–H groups in total. The Morgan fingerprint density at radius 2 is 1.44 bits per heavy atom. The van der Waals surface area contributed by atoms with Crippen molar-refractivity contribution in [3.63, 3.8) is 0 Å². The van der Waals surface area contributed by atoms with E-state index < -0.39 is 16.1 Å². The minimum atomic E-state index is -1.34. The highest BCUT2D eigenvalue weighted by atomic mass is 28.3. The Bertz CT molecular complexity index is 372. The molecule has 0 atom stereocenters. The van der Waals surface area contributed by atoms with Gasteiger partial charge in [-0.25, -0.2) is 0 Å². The van der Waals surface area contributed by atoms with Gasteiger partial charge in [0, 0.05) is 0 Å². The van der Waals surface area contributed by atoms with Crippen molar-refractivity contribution < 1.29 is 4.74 Å². The van der Waals surface area contributed by atoms with Crippen LogP contribution >= 0.6 is 0 Å². The Hall–Kier alpha value is -0.546. The van der Waals surface area contributed by atoms with E-state index in [1.165, 1.54) is 5.19 Å². The fraction of sp³-hybridized carbons (Fsp3) is 0.538. The molecule has 0 spiro atoms. The predicted molar refractivity (Wildman–Crippen MR) is 79.0 cm³/mol. The van der Waals surface area contributed by atoms with Crippen molar-refractivity contribution in [3.05, 3.63) is 18.2 Å². The lowest BCUT2D eigenvalue weighted by Crippen LogP contribution is -2.56. The van der Waals surface area contributed by atoms with Crippen LogP contribution in [-0.2, 0) is 0 Å². The monoisotopic (exact) mass is 252 g/mol. The largest absolute Gasteiger partial charge is 0.497 e. The van der Waals surface area contributed by atoms with Crippen LogP contribution in [0.3, 0.4) is 0 Å². The molecule has 0 radical (unpaired) electrons. The van der Waals surface area contributed by atoms with Gasteiger partial charge in [-0.15, -0.1) is 0 Å². The van der Waals surface area contributed by atoms with Crippen molar-refractivity contribution >= 4 is 26.5 Å². The summed E-state index contributed by atoms with van der Waals surface area (Å²) >= 11 is 0. The first-order chi connectivity index (χ1) is 7.18. The second-order valence-corrected chi connectivity index (χ2v) is 16.4. The Morgan fingerprint density at radius 3 is 1.81 bits per heavy atom. The van der Waals surface area contributed by atoms with Crippen LogP contribution in [0, 0.1) is 0 Å². The highest BCUT2D eigenvalue weighted by molar-refractivity contribution is 6.98. The third-order valence-corrected chi connectivity index (χ3v) is 7.10. The van der Waals surface area contributed by atoms with Crippen LogP contribution in [0.2, 0.25) is 39.3 Å². The zero-order valence-electron chi connectivity index (χ0n) is 11.6. The molecule has 1 aromatic rings. The molecule has 0 heterocycles. The second-order valence-electron chi connectivity index (χ2n) is 6.38. The van der Waals surface area contributed by atoms with E-state index in [1.54, 1.807) is 12.3 Å². The van der Waals surface area contributed by atoms with E-state index >= 15 is 0 Å². The number of hydrogen-bond acceptors (Lipinski definition) is 1. The number of rotatable bonds is 3. The van der Waals surface area contributed by atoms with Gasteiger partial charge in [0.05, 0.1) is 23.3 Å². The zero-order chi connectivity index (χ0) is 12.6. The molecule has 0 aliphatic carbocycles. The third-order valence-electron chi connectivity index (χ3n) is 2.80. The summed E-state index contributed by atoms with van der Waals surface area (Å²) in [5.41, 5.74) is 0. The minimum absolute atomic E-state index is 1.10. The topological polar surface area (TPSA) is 9.23 Å². The van der Waals surface area contributed by atoms with Gasteiger partial charge in [-0.2, -0.15) is 0 Å². The van der Waals surface area contributed by atoms with Gasteiger partial charge < -0.3 is 4.74 Å². The quantitative estimate of drug-likeness (QED) is 0.752. The fourth-order valence-corrected chi connectivity index (χ4v) is 7.64. The fourth-order valence-electron chi connectivity index (χ4n) is 2.10. The van der Waals surface area contributed by atoms with E-state index in [2.05, 4.69) is 57.5 Å². The van der Waals surface area contributed by atoms with Crippen LogP contribution < -0.4 is 15.1 Å². The summed E-state index contributed by atoms with van der Waals surface area (Å²) < 4.78 is 5.56. The molecule has 1 rings (SSSR count). The van der Waals surface area contributed by atoms with Crippen LogP contribution in [0.4, 0.5) is 0 Å². The maximum absolute atomic E-state index is 5.56. The number of methoxy groups -OCH3 is 1. The first-order valence-electron chi connectivity index (χ1n) is 5.86. The van der Waals surface area contributed by atoms with E-state index in [4.69, 9.17) is 4.74 Å². The van der Waals surface area contributed by atoms with Crippen molar-refractivity contribution in [2.24, 2.45) is 0 Å². The number of hydrogen-bond donors (Lipinski definition) is 0. The molecule has 0 aromatic heterocycles. The maximum Gasteiger partial charge on any atom is 0.117 e. The molecule has 0 bridgehead atoms. The van der Waals surface area contributed by atoms with Gasteiger partial charge in [-0.05, 0) is 11.3 Å². The van der Waals surface area contributed by atoms with E-state index in [0.717, 1.165) is 5.75 Å². The maximum atomic E-state index is 5.56. The molecule has 1 nitrogen and oxygen atoms in total. The number of ether oxygens (including phenoxy) is 1. The van der Waals surface area contributed by atoms with Gasteiger partial charge in [-0.3, -0.25) is 0 Å². The Kier molecular flexibility index (Phi) is 3.70. The summed E-state index contributed by atoms with van der Waals surface area (Å²) in [5, 5.41) is 3.10. The summed E-state index contributed by atoms with van der Waals surface area (Å²) in [4.78, 5) is 0. The highest BCUT2D eigenvalue weighted by Crippen LogP contribution is 2.15. The molecule has 0 aliphatic heterocycles. The van der Waals surface area contributed by atoms with Gasteiger partial charge >= 0.3 is 0 Å². The zero-order valence-corrected chi connectivity index (χ0v) is 13.6. The number of benzene rings is 1. The molecule has 3 heteroatoms. The normalized spacial score (nSPS) is 12.7. The van der Waals surface area contributed by atoms with Gasteiger partial charge in [-0.1, -0.05) is 56.6 Å². The van der Waals surface area contributed by atoms with Crippen molar-refractivity contribution in [3.8, 4) is 5.75 Å². The summed E-state index contributed by atoms with van der Waals surface area (Å²) in [6, 6.07) is 6.55. The van der Waals surface area contributed by atoms with Gasteiger partial charge in [0.15, 0.2) is 0 Å². The molecule has 1 aromatic carbocycles. The molecule has 0 unspecified atom stereocenters. The van der Waals surface area contributed by atoms with Crippen LogP contribution in [-0.4, -0.2) is 23.3 Å². The van der Waals surface area contributed by atoms with E-state index in [9.17, 15) is 0 Å². The van der Waals surface area contributed by atoms with Crippen LogP contribution in [0.1, 0.15) is 0 Å². The smallest absolute Gasteiger partial charge is 0.117 e. The van der Waals surface area contributed by atoms with Crippen molar-refractivity contribution in [2.45, 2.75) is 39.3 Å². The van der Waals surface area contributed by atoms with Crippen molar-refractivity contribution in [2.75, 3.05) is 7.11 Å². The average molecular weight is 253 g/mol. The lowest BCUT2D eigenvalue weighted by Gasteiger charge is -2.29. The first kappa shape index (κ1) is 13.5. The van der Waals surface area contributed by atoms with Crippen molar-refractivity contribution in [1.29, 1.82) is 0 Å².